The van der Waals surface area contributed by atoms with E-state index in [9.17, 15) is 2.74 Å². The van der Waals surface area contributed by atoms with E-state index in [-0.39, 0.29) is 55.4 Å². The topological polar surface area (TPSA) is 35.9 Å². The first-order valence-electron chi connectivity index (χ1n) is 34.4. The number of hydrogen-bond acceptors (Lipinski definition) is 2. The number of para-hydroxylation sites is 1. The van der Waals surface area contributed by atoms with Crippen LogP contribution in [-0.2, 0) is 16.2 Å². The smallest absolute Gasteiger partial charge is 0.269 e. The molecule has 12 rings (SSSR count). The molecule has 5 nitrogen and oxygen atoms in total. The number of fused-ring (bicyclic) bond motifs is 4. The minimum absolute atomic E-state index is 0.0727. The second-order valence-electron chi connectivity index (χ2n) is 23.2. The number of imidazole rings is 1. The summed E-state index contributed by atoms with van der Waals surface area (Å²) in [6.07, 6.45) is 4.90. The summed E-state index contributed by atoms with van der Waals surface area (Å²) in [4.78, 5) is 4.75. The lowest BCUT2D eigenvalue weighted by molar-refractivity contribution is -0.571. The van der Waals surface area contributed by atoms with Crippen LogP contribution in [0.3, 0.4) is 0 Å². The fourth-order valence-electron chi connectivity index (χ4n) is 10.4. The average molecular weight is 1050 g/mol. The molecule has 3 heterocycles. The van der Waals surface area contributed by atoms with Crippen LogP contribution in [0.5, 0.6) is 11.5 Å². The number of benzene rings is 9. The third-order valence-electron chi connectivity index (χ3n) is 14.6. The molecule has 12 aromatic rings. The molecule has 0 aliphatic heterocycles. The Morgan fingerprint density at radius 1 is 0.494 bits per heavy atom. The fourth-order valence-corrected chi connectivity index (χ4v) is 10.4. The van der Waals surface area contributed by atoms with Gasteiger partial charge in [0, 0.05) is 36.8 Å². The number of rotatable bonds is 9. The van der Waals surface area contributed by atoms with E-state index in [1.54, 1.807) is 21.3 Å². The Morgan fingerprint density at radius 2 is 1.14 bits per heavy atom. The molecular weight excluding hydrogens is 961 g/mol. The largest absolute Gasteiger partial charge is 0.458 e. The Kier molecular flexibility index (Phi) is 8.82. The van der Waals surface area contributed by atoms with E-state index in [0.29, 0.717) is 56.1 Å². The van der Waals surface area contributed by atoms with Gasteiger partial charge in [-0.3, -0.25) is 13.7 Å². The lowest BCUT2D eigenvalue weighted by atomic mass is 9.79. The van der Waals surface area contributed by atoms with Crippen LogP contribution in [0, 0.1) is 20.0 Å². The van der Waals surface area contributed by atoms with E-state index in [4.69, 9.17) is 28.9 Å². The fraction of sp³-hybridized carbons (Fsp3) is 0.189. The van der Waals surface area contributed by atoms with Crippen LogP contribution < -0.4 is 9.30 Å². The Bertz CT molecular complexity index is 5060. The maximum Gasteiger partial charge on any atom is 0.269 e. The number of nitrogens with zero attached hydrogens (tertiary/aromatic N) is 4. The van der Waals surface area contributed by atoms with E-state index in [1.165, 1.54) is 18.3 Å². The van der Waals surface area contributed by atoms with E-state index in [0.717, 1.165) is 38.6 Å². The van der Waals surface area contributed by atoms with E-state index in [1.807, 2.05) is 102 Å². The first-order valence-corrected chi connectivity index (χ1v) is 26.4. The Balaban J connectivity index is 1.09. The quantitative estimate of drug-likeness (QED) is 0.107. The standard InChI is InChI=1S/C74H68N4O/c1-48-36-63(50-22-14-12-15-23-50)71(64(37-48)53-26-20-27-55(39-53)72(3,4)5)77-47-76(69-42-52(32-35-67(69)77)54-40-56(73(6,7)8)43-57(41-54)74(9,10)11)58-28-21-29-59(44-58)79-60-33-34-62-61-30-18-19-31-66(61)78(68(62)45-60)70-38-49(2)65(46-75-70)51-24-16-13-17-25-51/h12-46H,1-11H3/i1D3,2D3,12D,13D,14D,15D,16D,17D,22D,23D,24D,25D. The summed E-state index contributed by atoms with van der Waals surface area (Å²) < 4.78 is 153. The normalized spacial score (nSPS) is 15.5. The van der Waals surface area contributed by atoms with Gasteiger partial charge in [0.1, 0.15) is 17.3 Å². The van der Waals surface area contributed by atoms with Crippen LogP contribution in [0.1, 0.15) is 112 Å². The molecule has 0 amide bonds. The number of aromatic nitrogens is 4. The summed E-state index contributed by atoms with van der Waals surface area (Å²) in [6.45, 7) is 13.8. The van der Waals surface area contributed by atoms with Crippen LogP contribution in [0.4, 0.5) is 0 Å². The van der Waals surface area contributed by atoms with Crippen molar-refractivity contribution in [2.24, 2.45) is 0 Å². The second kappa shape index (κ2) is 19.6. The SMILES string of the molecule is [2H]c1c([2H])c([2H])c(-c2cnc(-n3c4ccccc4c4ccc(Oc5cccc(-n6[c-][n+](-c7c(-c8cccc(C(C)(C)C)c8)cc(C([2H])([2H])[2H])cc7-c7c([2H])c([2H])c([2H])c([2H])c7[2H])c7ccc(-c8cc(C(C)(C)C)cc(C(C)(C)C)c8)cc76)c5)cc43)cc2C([2H])([2H])[2H])c([2H])c1[2H]. The van der Waals surface area contributed by atoms with Gasteiger partial charge in [0.2, 0.25) is 0 Å². The highest BCUT2D eigenvalue weighted by atomic mass is 16.5. The third-order valence-corrected chi connectivity index (χ3v) is 14.6. The molecule has 0 bridgehead atoms. The number of ether oxygens (including phenoxy) is 1. The third kappa shape index (κ3) is 9.73. The van der Waals surface area contributed by atoms with Crippen molar-refractivity contribution in [1.29, 1.82) is 0 Å². The highest BCUT2D eigenvalue weighted by Gasteiger charge is 2.25. The molecule has 390 valence electrons. The van der Waals surface area contributed by atoms with Crippen molar-refractivity contribution in [3.63, 3.8) is 0 Å². The molecule has 0 unspecified atom stereocenters. The van der Waals surface area contributed by atoms with Crippen molar-refractivity contribution in [2.75, 3.05) is 0 Å². The highest BCUT2D eigenvalue weighted by Crippen LogP contribution is 2.41. The van der Waals surface area contributed by atoms with Crippen LogP contribution in [0.2, 0.25) is 0 Å². The summed E-state index contributed by atoms with van der Waals surface area (Å²) >= 11 is 0. The molecule has 9 aromatic carbocycles. The minimum Gasteiger partial charge on any atom is -0.458 e. The van der Waals surface area contributed by atoms with Crippen LogP contribution in [0.15, 0.2) is 212 Å². The zero-order valence-electron chi connectivity index (χ0n) is 61.6. The summed E-state index contributed by atoms with van der Waals surface area (Å²) in [5.41, 5.74) is 7.74. The lowest BCUT2D eigenvalue weighted by Gasteiger charge is -2.26. The molecule has 0 N–H and O–H groups in total. The van der Waals surface area contributed by atoms with Gasteiger partial charge >= 0.3 is 0 Å². The average Bonchev–Trinajstić information content (AvgIpc) is 1.71. The van der Waals surface area contributed by atoms with Gasteiger partial charge in [-0.15, -0.1) is 0 Å². The second-order valence-corrected chi connectivity index (χ2v) is 23.2. The van der Waals surface area contributed by atoms with Crippen molar-refractivity contribution in [3.8, 4) is 73.2 Å². The monoisotopic (exact) mass is 1040 g/mol. The summed E-state index contributed by atoms with van der Waals surface area (Å²) in [7, 11) is 0. The molecule has 0 aliphatic carbocycles. The molecule has 0 radical (unpaired) electrons. The molecule has 3 aromatic heterocycles. The molecule has 0 aliphatic rings. The Hall–Kier alpha value is -8.80. The van der Waals surface area contributed by atoms with E-state index < -0.39 is 74.1 Å². The molecule has 79 heavy (non-hydrogen) atoms. The summed E-state index contributed by atoms with van der Waals surface area (Å²) in [5.74, 6) is 0.965. The minimum atomic E-state index is -2.82. The summed E-state index contributed by atoms with van der Waals surface area (Å²) in [5, 5.41) is 1.60. The Morgan fingerprint density at radius 3 is 1.84 bits per heavy atom. The van der Waals surface area contributed by atoms with E-state index >= 15 is 0 Å². The van der Waals surface area contributed by atoms with Crippen LogP contribution in [0.25, 0.3) is 94.5 Å². The van der Waals surface area contributed by atoms with Gasteiger partial charge in [-0.2, -0.15) is 0 Å². The molecule has 0 saturated carbocycles. The van der Waals surface area contributed by atoms with Gasteiger partial charge < -0.3 is 4.74 Å². The van der Waals surface area contributed by atoms with Gasteiger partial charge in [0.25, 0.3) is 6.33 Å². The highest BCUT2D eigenvalue weighted by molar-refractivity contribution is 6.09. The van der Waals surface area contributed by atoms with Crippen molar-refractivity contribution in [1.82, 2.24) is 14.1 Å². The van der Waals surface area contributed by atoms with Gasteiger partial charge in [-0.05, 0) is 140 Å². The zero-order chi connectivity index (χ0) is 68.7. The van der Waals surface area contributed by atoms with Crippen molar-refractivity contribution in [3.05, 3.63) is 246 Å². The Labute approximate surface area is 488 Å². The first-order chi connectivity index (χ1) is 44.4. The first kappa shape index (κ1) is 35.6. The van der Waals surface area contributed by atoms with Crippen molar-refractivity contribution < 1.29 is 31.2 Å². The molecule has 0 spiro atoms. The molecule has 5 heteroatoms. The molecule has 0 saturated heterocycles. The number of pyridine rings is 1. The van der Waals surface area contributed by atoms with Crippen molar-refractivity contribution >= 4 is 32.8 Å². The number of hydrogen-bond donors (Lipinski definition) is 0. The van der Waals surface area contributed by atoms with Crippen LogP contribution in [-0.4, -0.2) is 14.1 Å². The maximum absolute atomic E-state index is 9.44. The van der Waals surface area contributed by atoms with Gasteiger partial charge in [-0.1, -0.05) is 219 Å². The summed E-state index contributed by atoms with van der Waals surface area (Å²) in [6, 6.07) is 39.6. The van der Waals surface area contributed by atoms with Gasteiger partial charge in [-0.25, -0.2) is 4.98 Å². The van der Waals surface area contributed by atoms with Gasteiger partial charge in [0.05, 0.1) is 47.1 Å². The predicted molar refractivity (Wildman–Crippen MR) is 330 cm³/mol. The molecule has 0 atom stereocenters. The van der Waals surface area contributed by atoms with Gasteiger partial charge in [0.15, 0.2) is 0 Å². The number of aryl methyl sites for hydroxylation is 2. The predicted octanol–water partition coefficient (Wildman–Crippen LogP) is 19.2. The van der Waals surface area contributed by atoms with Crippen LogP contribution >= 0.6 is 0 Å². The molecule has 0 fully saturated rings. The maximum atomic E-state index is 9.44. The van der Waals surface area contributed by atoms with E-state index in [2.05, 4.69) is 92.9 Å². The molecular formula is C74H68N4O. The lowest BCUT2D eigenvalue weighted by Crippen LogP contribution is -2.31. The van der Waals surface area contributed by atoms with Crippen molar-refractivity contribution in [2.45, 2.75) is 92.3 Å². The zero-order valence-corrected chi connectivity index (χ0v) is 45.6.